The van der Waals surface area contributed by atoms with Gasteiger partial charge in [-0.3, -0.25) is 4.79 Å². The van der Waals surface area contributed by atoms with Crippen LogP contribution in [0.4, 0.5) is 0 Å². The molecule has 0 spiro atoms. The summed E-state index contributed by atoms with van der Waals surface area (Å²) in [7, 11) is 0. The summed E-state index contributed by atoms with van der Waals surface area (Å²) in [6.07, 6.45) is 4.03. The van der Waals surface area contributed by atoms with Gasteiger partial charge in [0, 0.05) is 18.5 Å². The van der Waals surface area contributed by atoms with Crippen molar-refractivity contribution in [1.29, 1.82) is 0 Å². The number of carbonyl (C=O) groups is 1. The van der Waals surface area contributed by atoms with E-state index in [0.29, 0.717) is 12.6 Å². The molecule has 0 aromatic carbocycles. The molecule has 2 N–H and O–H groups in total. The first kappa shape index (κ1) is 15.4. The second-order valence-electron chi connectivity index (χ2n) is 4.62. The second kappa shape index (κ2) is 8.57. The molecule has 0 aromatic rings. The van der Waals surface area contributed by atoms with Crippen LogP contribution in [0.5, 0.6) is 0 Å². The number of hydrogen-bond donors (Lipinski definition) is 1. The van der Waals surface area contributed by atoms with E-state index in [0.717, 1.165) is 32.2 Å². The molecular formula is C13H28N2O. The monoisotopic (exact) mass is 228 g/mol. The molecule has 0 aliphatic rings. The number of nitrogens with two attached hydrogens (primary N) is 1. The number of rotatable bonds is 8. The number of amides is 1. The Bertz CT molecular complexity index is 194. The molecule has 3 nitrogen and oxygen atoms in total. The first-order valence-corrected chi connectivity index (χ1v) is 6.58. The van der Waals surface area contributed by atoms with Crippen molar-refractivity contribution in [1.82, 2.24) is 4.90 Å². The van der Waals surface area contributed by atoms with E-state index in [1.807, 2.05) is 11.8 Å². The van der Waals surface area contributed by atoms with E-state index >= 15 is 0 Å². The maximum absolute atomic E-state index is 12.2. The van der Waals surface area contributed by atoms with Gasteiger partial charge in [-0.15, -0.1) is 0 Å². The summed E-state index contributed by atoms with van der Waals surface area (Å²) >= 11 is 0. The topological polar surface area (TPSA) is 46.3 Å². The van der Waals surface area contributed by atoms with Crippen molar-refractivity contribution in [2.75, 3.05) is 13.1 Å². The van der Waals surface area contributed by atoms with Crippen LogP contribution in [0.3, 0.4) is 0 Å². The Morgan fingerprint density at radius 3 is 2.38 bits per heavy atom. The van der Waals surface area contributed by atoms with Crippen molar-refractivity contribution in [3.05, 3.63) is 0 Å². The Labute approximate surface area is 100 Å². The second-order valence-corrected chi connectivity index (χ2v) is 4.62. The highest BCUT2D eigenvalue weighted by Gasteiger charge is 2.22. The maximum Gasteiger partial charge on any atom is 0.225 e. The molecule has 2 unspecified atom stereocenters. The standard InChI is InChI=1S/C13H28N2O/c1-5-7-10-15(12(4)6-2)13(16)11(3)8-9-14/h11-12H,5-10,14H2,1-4H3. The third kappa shape index (κ3) is 4.97. The Hall–Kier alpha value is -0.570. The highest BCUT2D eigenvalue weighted by molar-refractivity contribution is 5.78. The minimum atomic E-state index is 0.0656. The van der Waals surface area contributed by atoms with Crippen LogP contribution in [0.25, 0.3) is 0 Å². The minimum Gasteiger partial charge on any atom is -0.340 e. The van der Waals surface area contributed by atoms with Crippen molar-refractivity contribution >= 4 is 5.91 Å². The average molecular weight is 228 g/mol. The third-order valence-electron chi connectivity index (χ3n) is 3.18. The first-order chi connectivity index (χ1) is 7.58. The molecule has 0 aliphatic heterocycles. The van der Waals surface area contributed by atoms with Gasteiger partial charge in [0.05, 0.1) is 0 Å². The molecular weight excluding hydrogens is 200 g/mol. The zero-order chi connectivity index (χ0) is 12.6. The summed E-state index contributed by atoms with van der Waals surface area (Å²) in [6, 6.07) is 0.347. The first-order valence-electron chi connectivity index (χ1n) is 6.58. The van der Waals surface area contributed by atoms with E-state index in [4.69, 9.17) is 5.73 Å². The van der Waals surface area contributed by atoms with E-state index in [9.17, 15) is 4.79 Å². The minimum absolute atomic E-state index is 0.0656. The van der Waals surface area contributed by atoms with Gasteiger partial charge in [0.25, 0.3) is 0 Å². The van der Waals surface area contributed by atoms with Crippen LogP contribution in [0, 0.1) is 5.92 Å². The van der Waals surface area contributed by atoms with Crippen LogP contribution in [0.15, 0.2) is 0 Å². The Morgan fingerprint density at radius 1 is 1.31 bits per heavy atom. The fourth-order valence-corrected chi connectivity index (χ4v) is 1.75. The van der Waals surface area contributed by atoms with E-state index in [-0.39, 0.29) is 11.8 Å². The average Bonchev–Trinajstić information content (AvgIpc) is 2.29. The molecule has 3 heteroatoms. The van der Waals surface area contributed by atoms with Crippen molar-refractivity contribution in [3.63, 3.8) is 0 Å². The van der Waals surface area contributed by atoms with Crippen LogP contribution in [-0.4, -0.2) is 29.9 Å². The maximum atomic E-state index is 12.2. The lowest BCUT2D eigenvalue weighted by atomic mass is 10.0. The summed E-state index contributed by atoms with van der Waals surface area (Å²) in [5.41, 5.74) is 5.51. The predicted molar refractivity (Wildman–Crippen MR) is 69.2 cm³/mol. The van der Waals surface area contributed by atoms with Gasteiger partial charge in [-0.1, -0.05) is 27.2 Å². The van der Waals surface area contributed by atoms with Crippen LogP contribution in [0.1, 0.15) is 53.4 Å². The van der Waals surface area contributed by atoms with Gasteiger partial charge in [-0.05, 0) is 32.7 Å². The van der Waals surface area contributed by atoms with Gasteiger partial charge in [-0.2, -0.15) is 0 Å². The molecule has 0 heterocycles. The van der Waals surface area contributed by atoms with E-state index in [1.165, 1.54) is 0 Å². The van der Waals surface area contributed by atoms with Gasteiger partial charge >= 0.3 is 0 Å². The fourth-order valence-electron chi connectivity index (χ4n) is 1.75. The molecule has 0 aromatic heterocycles. The molecule has 0 saturated heterocycles. The molecule has 0 radical (unpaired) electrons. The summed E-state index contributed by atoms with van der Waals surface area (Å²) in [5, 5.41) is 0. The van der Waals surface area contributed by atoms with Crippen LogP contribution < -0.4 is 5.73 Å². The van der Waals surface area contributed by atoms with E-state index in [1.54, 1.807) is 0 Å². The van der Waals surface area contributed by atoms with Crippen molar-refractivity contribution in [2.24, 2.45) is 11.7 Å². The van der Waals surface area contributed by atoms with Crippen LogP contribution in [-0.2, 0) is 4.79 Å². The van der Waals surface area contributed by atoms with E-state index < -0.39 is 0 Å². The Morgan fingerprint density at radius 2 is 1.94 bits per heavy atom. The highest BCUT2D eigenvalue weighted by atomic mass is 16.2. The quantitative estimate of drug-likeness (QED) is 0.693. The number of carbonyl (C=O) groups excluding carboxylic acids is 1. The van der Waals surface area contributed by atoms with Crippen LogP contribution in [0.2, 0.25) is 0 Å². The molecule has 0 saturated carbocycles. The van der Waals surface area contributed by atoms with Crippen molar-refractivity contribution in [3.8, 4) is 0 Å². The van der Waals surface area contributed by atoms with Crippen molar-refractivity contribution in [2.45, 2.75) is 59.4 Å². The Kier molecular flexibility index (Phi) is 8.26. The molecule has 0 bridgehead atoms. The number of hydrogen-bond acceptors (Lipinski definition) is 2. The fraction of sp³-hybridized carbons (Fsp3) is 0.923. The summed E-state index contributed by atoms with van der Waals surface area (Å²) in [5.74, 6) is 0.337. The normalized spacial score (nSPS) is 14.6. The van der Waals surface area contributed by atoms with Gasteiger partial charge in [0.15, 0.2) is 0 Å². The summed E-state index contributed by atoms with van der Waals surface area (Å²) < 4.78 is 0. The summed E-state index contributed by atoms with van der Waals surface area (Å²) in [4.78, 5) is 14.2. The molecule has 0 aliphatic carbocycles. The summed E-state index contributed by atoms with van der Waals surface area (Å²) in [6.45, 7) is 9.88. The highest BCUT2D eigenvalue weighted by Crippen LogP contribution is 2.13. The molecule has 0 rings (SSSR count). The van der Waals surface area contributed by atoms with E-state index in [2.05, 4.69) is 20.8 Å². The number of unbranched alkanes of at least 4 members (excludes halogenated alkanes) is 1. The molecule has 0 fully saturated rings. The Balaban J connectivity index is 4.42. The largest absolute Gasteiger partial charge is 0.340 e. The zero-order valence-corrected chi connectivity index (χ0v) is 11.3. The van der Waals surface area contributed by atoms with Gasteiger partial charge in [-0.25, -0.2) is 0 Å². The van der Waals surface area contributed by atoms with Crippen molar-refractivity contribution < 1.29 is 4.79 Å². The lowest BCUT2D eigenvalue weighted by molar-refractivity contribution is -0.137. The lowest BCUT2D eigenvalue weighted by Crippen LogP contribution is -2.42. The smallest absolute Gasteiger partial charge is 0.225 e. The van der Waals surface area contributed by atoms with Gasteiger partial charge in [0.2, 0.25) is 5.91 Å². The lowest BCUT2D eigenvalue weighted by Gasteiger charge is -2.31. The molecule has 96 valence electrons. The third-order valence-corrected chi connectivity index (χ3v) is 3.18. The predicted octanol–water partition coefficient (Wildman–Crippen LogP) is 2.40. The molecule has 1 amide bonds. The van der Waals surface area contributed by atoms with Gasteiger partial charge < -0.3 is 10.6 Å². The van der Waals surface area contributed by atoms with Crippen LogP contribution >= 0.6 is 0 Å². The van der Waals surface area contributed by atoms with Gasteiger partial charge in [0.1, 0.15) is 0 Å². The SMILES string of the molecule is CCCCN(C(=O)C(C)CCN)C(C)CC. The zero-order valence-electron chi connectivity index (χ0n) is 11.3. The molecule has 16 heavy (non-hydrogen) atoms. The number of nitrogens with zero attached hydrogens (tertiary/aromatic N) is 1. The molecule has 2 atom stereocenters.